The zero-order chi connectivity index (χ0) is 21.7. The number of carbonyl (C=O) groups excluding carboxylic acids is 1. The predicted molar refractivity (Wildman–Crippen MR) is 113 cm³/mol. The lowest BCUT2D eigenvalue weighted by atomic mass is 10.0. The monoisotopic (exact) mass is 434 g/mol. The van der Waals surface area contributed by atoms with Crippen LogP contribution in [0.25, 0.3) is 0 Å². The molecule has 1 amide bonds. The minimum Gasteiger partial charge on any atom is -0.344 e. The number of piperazine rings is 1. The molecule has 9 heteroatoms. The fraction of sp³-hybridized carbons (Fsp3) is 0.381. The Bertz CT molecular complexity index is 977. The topological polar surface area (TPSA) is 81.7 Å². The molecule has 1 saturated heterocycles. The van der Waals surface area contributed by atoms with Crippen LogP contribution in [-0.2, 0) is 10.0 Å². The zero-order valence-corrected chi connectivity index (χ0v) is 18.0. The minimum atomic E-state index is -3.79. The van der Waals surface area contributed by atoms with E-state index in [-0.39, 0.29) is 16.5 Å². The first-order valence-corrected chi connectivity index (χ1v) is 11.3. The Morgan fingerprint density at radius 3 is 2.40 bits per heavy atom. The Labute approximate surface area is 176 Å². The predicted octanol–water partition coefficient (Wildman–Crippen LogP) is 1.45. The Morgan fingerprint density at radius 1 is 1.10 bits per heavy atom. The highest BCUT2D eigenvalue weighted by Crippen LogP contribution is 2.19. The molecular weight excluding hydrogens is 407 g/mol. The summed E-state index contributed by atoms with van der Waals surface area (Å²) in [5.74, 6) is -1.42. The number of hydrogen-bond acceptors (Lipinski definition) is 5. The molecule has 1 unspecified atom stereocenters. The van der Waals surface area contributed by atoms with Crippen molar-refractivity contribution in [2.24, 2.45) is 0 Å². The van der Waals surface area contributed by atoms with Crippen molar-refractivity contribution < 1.29 is 17.6 Å². The summed E-state index contributed by atoms with van der Waals surface area (Å²) in [5, 5.41) is 2.90. The molecule has 3 rings (SSSR count). The van der Waals surface area contributed by atoms with Crippen molar-refractivity contribution in [3.05, 3.63) is 65.5 Å². The smallest absolute Gasteiger partial charge is 0.254 e. The number of benzene rings is 2. The maximum absolute atomic E-state index is 14.4. The molecule has 0 aromatic heterocycles. The van der Waals surface area contributed by atoms with Gasteiger partial charge in [-0.2, -0.15) is 0 Å². The Balaban J connectivity index is 1.84. The highest BCUT2D eigenvalue weighted by Gasteiger charge is 2.24. The fourth-order valence-corrected chi connectivity index (χ4v) is 4.16. The van der Waals surface area contributed by atoms with Crippen LogP contribution in [0, 0.1) is 5.82 Å². The number of halogens is 1. The summed E-state index contributed by atoms with van der Waals surface area (Å²) in [6.45, 7) is 4.21. The number of nitrogens with zero attached hydrogens (tertiary/aromatic N) is 2. The van der Waals surface area contributed by atoms with Gasteiger partial charge in [0.1, 0.15) is 5.82 Å². The van der Waals surface area contributed by atoms with Gasteiger partial charge in [-0.3, -0.25) is 9.69 Å². The van der Waals surface area contributed by atoms with Crippen molar-refractivity contribution >= 4 is 15.9 Å². The molecule has 1 heterocycles. The Morgan fingerprint density at radius 2 is 1.77 bits per heavy atom. The third-order valence-electron chi connectivity index (χ3n) is 5.31. The van der Waals surface area contributed by atoms with Crippen molar-refractivity contribution in [3.8, 4) is 0 Å². The van der Waals surface area contributed by atoms with E-state index < -0.39 is 21.7 Å². The molecule has 0 bridgehead atoms. The van der Waals surface area contributed by atoms with Crippen molar-refractivity contribution in [2.75, 3.05) is 46.8 Å². The van der Waals surface area contributed by atoms with E-state index in [1.165, 1.54) is 7.05 Å². The summed E-state index contributed by atoms with van der Waals surface area (Å²) in [7, 11) is -0.453. The molecule has 162 valence electrons. The SMILES string of the molecule is CNS(=O)(=O)c1ccc(F)c(C(=O)NC(CN2CCN(C)CC2)c2ccccc2)c1. The zero-order valence-electron chi connectivity index (χ0n) is 17.1. The van der Waals surface area contributed by atoms with Gasteiger partial charge in [-0.15, -0.1) is 0 Å². The van der Waals surface area contributed by atoms with E-state index in [2.05, 4.69) is 26.9 Å². The largest absolute Gasteiger partial charge is 0.344 e. The number of hydrogen-bond donors (Lipinski definition) is 2. The van der Waals surface area contributed by atoms with Crippen molar-refractivity contribution in [1.82, 2.24) is 19.8 Å². The van der Waals surface area contributed by atoms with Gasteiger partial charge in [0.05, 0.1) is 16.5 Å². The number of rotatable bonds is 7. The highest BCUT2D eigenvalue weighted by molar-refractivity contribution is 7.89. The normalized spacial score (nSPS) is 16.9. The first-order valence-electron chi connectivity index (χ1n) is 9.80. The second kappa shape index (κ2) is 9.65. The standard InChI is InChI=1S/C21H27FN4O3S/c1-23-30(28,29)17-8-9-19(22)18(14-17)21(27)24-20(16-6-4-3-5-7-16)15-26-12-10-25(2)11-13-26/h3-9,14,20,23H,10-13,15H2,1-2H3,(H,24,27). The van der Waals surface area contributed by atoms with E-state index in [0.717, 1.165) is 49.9 Å². The summed E-state index contributed by atoms with van der Waals surface area (Å²) in [6, 6.07) is 12.3. The minimum absolute atomic E-state index is 0.160. The van der Waals surface area contributed by atoms with Crippen LogP contribution < -0.4 is 10.0 Å². The van der Waals surface area contributed by atoms with Crippen molar-refractivity contribution in [3.63, 3.8) is 0 Å². The van der Waals surface area contributed by atoms with Gasteiger partial charge in [0.25, 0.3) is 5.91 Å². The van der Waals surface area contributed by atoms with E-state index in [1.54, 1.807) is 0 Å². The van der Waals surface area contributed by atoms with Gasteiger partial charge in [-0.05, 0) is 37.9 Å². The van der Waals surface area contributed by atoms with Crippen LogP contribution in [0.3, 0.4) is 0 Å². The lowest BCUT2D eigenvalue weighted by Crippen LogP contribution is -2.47. The summed E-state index contributed by atoms with van der Waals surface area (Å²) in [6.07, 6.45) is 0. The molecule has 7 nitrogen and oxygen atoms in total. The molecule has 1 atom stereocenters. The third kappa shape index (κ3) is 5.42. The third-order valence-corrected chi connectivity index (χ3v) is 6.72. The number of carbonyl (C=O) groups is 1. The van der Waals surface area contributed by atoms with E-state index in [9.17, 15) is 17.6 Å². The molecule has 0 spiro atoms. The molecule has 30 heavy (non-hydrogen) atoms. The average Bonchev–Trinajstić information content (AvgIpc) is 2.75. The first-order chi connectivity index (χ1) is 14.3. The van der Waals surface area contributed by atoms with Gasteiger partial charge in [0.15, 0.2) is 0 Å². The van der Waals surface area contributed by atoms with E-state index in [1.807, 2.05) is 30.3 Å². The number of sulfonamides is 1. The lowest BCUT2D eigenvalue weighted by Gasteiger charge is -2.35. The summed E-state index contributed by atoms with van der Waals surface area (Å²) >= 11 is 0. The quantitative estimate of drug-likeness (QED) is 0.690. The van der Waals surface area contributed by atoms with Crippen LogP contribution in [0.2, 0.25) is 0 Å². The number of nitrogens with one attached hydrogen (secondary N) is 2. The van der Waals surface area contributed by atoms with Crippen molar-refractivity contribution in [2.45, 2.75) is 10.9 Å². The summed E-state index contributed by atoms with van der Waals surface area (Å²) in [5.41, 5.74) is 0.606. The molecule has 0 aliphatic carbocycles. The second-order valence-corrected chi connectivity index (χ2v) is 9.28. The highest BCUT2D eigenvalue weighted by atomic mass is 32.2. The molecule has 0 radical (unpaired) electrons. The van der Waals surface area contributed by atoms with Gasteiger partial charge in [0.2, 0.25) is 10.0 Å². The van der Waals surface area contributed by atoms with Crippen LogP contribution in [0.15, 0.2) is 53.4 Å². The van der Waals surface area contributed by atoms with Crippen LogP contribution in [0.4, 0.5) is 4.39 Å². The fourth-order valence-electron chi connectivity index (χ4n) is 3.41. The lowest BCUT2D eigenvalue weighted by molar-refractivity contribution is 0.0903. The maximum Gasteiger partial charge on any atom is 0.254 e. The Hall–Kier alpha value is -2.33. The van der Waals surface area contributed by atoms with Gasteiger partial charge in [-0.25, -0.2) is 17.5 Å². The van der Waals surface area contributed by atoms with Crippen LogP contribution in [-0.4, -0.2) is 70.9 Å². The molecule has 1 fully saturated rings. The van der Waals surface area contributed by atoms with Crippen LogP contribution in [0.5, 0.6) is 0 Å². The molecule has 1 aliphatic heterocycles. The molecular formula is C21H27FN4O3S. The van der Waals surface area contributed by atoms with Crippen LogP contribution in [0.1, 0.15) is 22.0 Å². The molecule has 0 saturated carbocycles. The van der Waals surface area contributed by atoms with Crippen molar-refractivity contribution in [1.29, 1.82) is 0 Å². The Kier molecular flexibility index (Phi) is 7.19. The van der Waals surface area contributed by atoms with Gasteiger partial charge < -0.3 is 10.2 Å². The number of amides is 1. The molecule has 2 aromatic rings. The summed E-state index contributed by atoms with van der Waals surface area (Å²) in [4.78, 5) is 17.3. The van der Waals surface area contributed by atoms with Crippen LogP contribution >= 0.6 is 0 Å². The van der Waals surface area contributed by atoms with E-state index >= 15 is 0 Å². The maximum atomic E-state index is 14.4. The van der Waals surface area contributed by atoms with E-state index in [0.29, 0.717) is 6.54 Å². The van der Waals surface area contributed by atoms with Gasteiger partial charge in [0, 0.05) is 32.7 Å². The van der Waals surface area contributed by atoms with E-state index in [4.69, 9.17) is 0 Å². The molecule has 2 N–H and O–H groups in total. The molecule has 2 aromatic carbocycles. The number of likely N-dealkylation sites (N-methyl/N-ethyl adjacent to an activating group) is 1. The summed E-state index contributed by atoms with van der Waals surface area (Å²) < 4.78 is 40.6. The second-order valence-electron chi connectivity index (χ2n) is 7.39. The first kappa shape index (κ1) is 22.4. The molecule has 1 aliphatic rings. The van der Waals surface area contributed by atoms with Gasteiger partial charge >= 0.3 is 0 Å². The average molecular weight is 435 g/mol. The van der Waals surface area contributed by atoms with Gasteiger partial charge in [-0.1, -0.05) is 30.3 Å².